The van der Waals surface area contributed by atoms with Gasteiger partial charge in [0.25, 0.3) is 0 Å². The van der Waals surface area contributed by atoms with Crippen LogP contribution in [0.1, 0.15) is 29.9 Å². The van der Waals surface area contributed by atoms with E-state index in [1.165, 1.54) is 0 Å². The fourth-order valence-corrected chi connectivity index (χ4v) is 3.77. The number of amides is 1. The van der Waals surface area contributed by atoms with Gasteiger partial charge in [-0.1, -0.05) is 6.07 Å². The monoisotopic (exact) mass is 341 g/mol. The second-order valence-corrected chi connectivity index (χ2v) is 6.82. The number of aromatic nitrogens is 1. The number of carbonyl (C=O) groups is 1. The minimum absolute atomic E-state index is 0.0351. The lowest BCUT2D eigenvalue weighted by atomic mass is 10.1. The van der Waals surface area contributed by atoms with Crippen LogP contribution in [-0.4, -0.2) is 40.6 Å². The molecule has 0 bridgehead atoms. The van der Waals surface area contributed by atoms with Gasteiger partial charge in [-0.25, -0.2) is 0 Å². The lowest BCUT2D eigenvalue weighted by Crippen LogP contribution is -2.36. The van der Waals surface area contributed by atoms with Crippen LogP contribution in [0.4, 0.5) is 0 Å². The molecule has 4 rings (SSSR count). The van der Waals surface area contributed by atoms with Crippen LogP contribution >= 0.6 is 0 Å². The van der Waals surface area contributed by atoms with E-state index < -0.39 is 0 Å². The van der Waals surface area contributed by atoms with Gasteiger partial charge in [0.05, 0.1) is 12.6 Å². The molecule has 6 heteroatoms. The van der Waals surface area contributed by atoms with Crippen molar-refractivity contribution in [3.05, 3.63) is 53.7 Å². The maximum absolute atomic E-state index is 12.4. The molecule has 2 aliphatic heterocycles. The highest BCUT2D eigenvalue weighted by atomic mass is 16.5. The van der Waals surface area contributed by atoms with Gasteiger partial charge in [-0.2, -0.15) is 0 Å². The van der Waals surface area contributed by atoms with E-state index in [1.54, 1.807) is 12.4 Å². The SMILES string of the molecule is Cc1ccc(CN2CC[C@@H]3O[C@@H](C(=O)NCc4cccnc4)C[C@@H]32)o1. The second kappa shape index (κ2) is 6.98. The van der Waals surface area contributed by atoms with Gasteiger partial charge in [0, 0.05) is 37.9 Å². The van der Waals surface area contributed by atoms with E-state index in [0.29, 0.717) is 12.6 Å². The Morgan fingerprint density at radius 2 is 2.32 bits per heavy atom. The van der Waals surface area contributed by atoms with E-state index in [0.717, 1.165) is 43.0 Å². The third-order valence-corrected chi connectivity index (χ3v) is 5.03. The van der Waals surface area contributed by atoms with Crippen molar-refractivity contribution in [2.75, 3.05) is 6.54 Å². The van der Waals surface area contributed by atoms with Gasteiger partial charge in [0.1, 0.15) is 17.6 Å². The number of nitrogens with zero attached hydrogens (tertiary/aromatic N) is 2. The molecule has 132 valence electrons. The zero-order valence-corrected chi connectivity index (χ0v) is 14.4. The number of ether oxygens (including phenoxy) is 1. The van der Waals surface area contributed by atoms with Crippen LogP contribution in [0.3, 0.4) is 0 Å². The molecule has 0 unspecified atom stereocenters. The highest BCUT2D eigenvalue weighted by molar-refractivity contribution is 5.81. The number of hydrogen-bond acceptors (Lipinski definition) is 5. The second-order valence-electron chi connectivity index (χ2n) is 6.82. The fourth-order valence-electron chi connectivity index (χ4n) is 3.77. The Morgan fingerprint density at radius 1 is 1.40 bits per heavy atom. The van der Waals surface area contributed by atoms with Crippen molar-refractivity contribution in [3.63, 3.8) is 0 Å². The van der Waals surface area contributed by atoms with Crippen molar-refractivity contribution in [3.8, 4) is 0 Å². The van der Waals surface area contributed by atoms with Crippen LogP contribution in [0.2, 0.25) is 0 Å². The number of aryl methyl sites for hydroxylation is 1. The van der Waals surface area contributed by atoms with Gasteiger partial charge in [-0.05, 0) is 37.1 Å². The van der Waals surface area contributed by atoms with Crippen LogP contribution in [0, 0.1) is 6.92 Å². The minimum atomic E-state index is -0.368. The number of pyridine rings is 1. The third-order valence-electron chi connectivity index (χ3n) is 5.03. The smallest absolute Gasteiger partial charge is 0.249 e. The van der Waals surface area contributed by atoms with Crippen molar-refractivity contribution < 1.29 is 13.9 Å². The summed E-state index contributed by atoms with van der Waals surface area (Å²) in [5, 5.41) is 2.96. The van der Waals surface area contributed by atoms with Crippen LogP contribution in [0.15, 0.2) is 41.1 Å². The van der Waals surface area contributed by atoms with Crippen molar-refractivity contribution in [2.24, 2.45) is 0 Å². The molecular formula is C19H23N3O3. The average molecular weight is 341 g/mol. The molecule has 0 aromatic carbocycles. The summed E-state index contributed by atoms with van der Waals surface area (Å²) >= 11 is 0. The molecule has 0 saturated carbocycles. The normalized spacial score (nSPS) is 25.9. The Morgan fingerprint density at radius 3 is 3.08 bits per heavy atom. The summed E-state index contributed by atoms with van der Waals surface area (Å²) in [6.07, 6.45) is 4.97. The number of furan rings is 1. The van der Waals surface area contributed by atoms with Gasteiger partial charge in [-0.15, -0.1) is 0 Å². The predicted octanol–water partition coefficient (Wildman–Crippen LogP) is 2.03. The van der Waals surface area contributed by atoms with E-state index in [1.807, 2.05) is 31.2 Å². The molecule has 0 aliphatic carbocycles. The molecular weight excluding hydrogens is 318 g/mol. The van der Waals surface area contributed by atoms with Crippen molar-refractivity contribution in [2.45, 2.75) is 51.1 Å². The first-order valence-corrected chi connectivity index (χ1v) is 8.80. The summed E-state index contributed by atoms with van der Waals surface area (Å²) in [5.41, 5.74) is 0.990. The summed E-state index contributed by atoms with van der Waals surface area (Å²) in [7, 11) is 0. The van der Waals surface area contributed by atoms with Crippen LogP contribution in [0.5, 0.6) is 0 Å². The molecule has 2 aromatic rings. The lowest BCUT2D eigenvalue weighted by Gasteiger charge is -2.21. The molecule has 3 atom stereocenters. The van der Waals surface area contributed by atoms with Gasteiger partial charge in [0.2, 0.25) is 5.91 Å². The predicted molar refractivity (Wildman–Crippen MR) is 91.6 cm³/mol. The van der Waals surface area contributed by atoms with Gasteiger partial charge >= 0.3 is 0 Å². The Bertz CT molecular complexity index is 731. The summed E-state index contributed by atoms with van der Waals surface area (Å²) in [6, 6.07) is 8.12. The number of nitrogens with one attached hydrogen (secondary N) is 1. The number of fused-ring (bicyclic) bond motifs is 1. The zero-order chi connectivity index (χ0) is 17.2. The maximum atomic E-state index is 12.4. The Hall–Kier alpha value is -2.18. The van der Waals surface area contributed by atoms with Gasteiger partial charge in [-0.3, -0.25) is 14.7 Å². The summed E-state index contributed by atoms with van der Waals surface area (Å²) in [4.78, 5) is 18.9. The molecule has 25 heavy (non-hydrogen) atoms. The third kappa shape index (κ3) is 3.60. The van der Waals surface area contributed by atoms with Gasteiger partial charge < -0.3 is 14.5 Å². The summed E-state index contributed by atoms with van der Waals surface area (Å²) < 4.78 is 11.7. The first-order chi connectivity index (χ1) is 12.2. The standard InChI is InChI=1S/C19H23N3O3/c1-13-4-5-15(24-13)12-22-8-6-17-16(22)9-18(25-17)19(23)21-11-14-3-2-7-20-10-14/h2-5,7,10,16-18H,6,8-9,11-12H2,1H3,(H,21,23)/t16-,17-,18+/m0/s1. The van der Waals surface area contributed by atoms with Crippen LogP contribution in [-0.2, 0) is 22.6 Å². The van der Waals surface area contributed by atoms with E-state index in [9.17, 15) is 4.79 Å². The molecule has 1 N–H and O–H groups in total. The number of hydrogen-bond donors (Lipinski definition) is 1. The van der Waals surface area contributed by atoms with Crippen LogP contribution < -0.4 is 5.32 Å². The van der Waals surface area contributed by atoms with Crippen LogP contribution in [0.25, 0.3) is 0 Å². The average Bonchev–Trinajstić information content (AvgIpc) is 3.31. The van der Waals surface area contributed by atoms with E-state index in [2.05, 4.69) is 15.2 Å². The molecule has 2 aromatic heterocycles. The zero-order valence-electron chi connectivity index (χ0n) is 14.4. The van der Waals surface area contributed by atoms with Crippen molar-refractivity contribution in [1.29, 1.82) is 0 Å². The molecule has 0 radical (unpaired) electrons. The largest absolute Gasteiger partial charge is 0.465 e. The first kappa shape index (κ1) is 16.3. The summed E-state index contributed by atoms with van der Waals surface area (Å²) in [6.45, 7) is 4.20. The van der Waals surface area contributed by atoms with Crippen molar-refractivity contribution in [1.82, 2.24) is 15.2 Å². The van der Waals surface area contributed by atoms with E-state index in [4.69, 9.17) is 9.15 Å². The fraction of sp³-hybridized carbons (Fsp3) is 0.474. The number of rotatable bonds is 5. The topological polar surface area (TPSA) is 67.6 Å². The highest BCUT2D eigenvalue weighted by Gasteiger charge is 2.45. The number of carbonyl (C=O) groups excluding carboxylic acids is 1. The number of likely N-dealkylation sites (tertiary alicyclic amines) is 1. The molecule has 0 spiro atoms. The lowest BCUT2D eigenvalue weighted by molar-refractivity contribution is -0.132. The van der Waals surface area contributed by atoms with Crippen molar-refractivity contribution >= 4 is 5.91 Å². The Kier molecular flexibility index (Phi) is 4.55. The Labute approximate surface area is 147 Å². The maximum Gasteiger partial charge on any atom is 0.249 e. The molecule has 2 aliphatic rings. The molecule has 6 nitrogen and oxygen atoms in total. The summed E-state index contributed by atoms with van der Waals surface area (Å²) in [5.74, 6) is 1.87. The first-order valence-electron chi connectivity index (χ1n) is 8.80. The molecule has 2 fully saturated rings. The van der Waals surface area contributed by atoms with Gasteiger partial charge in [0.15, 0.2) is 0 Å². The Balaban J connectivity index is 1.32. The quantitative estimate of drug-likeness (QED) is 0.901. The van der Waals surface area contributed by atoms with E-state index >= 15 is 0 Å². The molecule has 2 saturated heterocycles. The highest BCUT2D eigenvalue weighted by Crippen LogP contribution is 2.34. The minimum Gasteiger partial charge on any atom is -0.465 e. The molecule has 1 amide bonds. The van der Waals surface area contributed by atoms with E-state index in [-0.39, 0.29) is 18.1 Å². The molecule has 4 heterocycles.